The van der Waals surface area contributed by atoms with E-state index in [1.807, 2.05) is 25.1 Å². The van der Waals surface area contributed by atoms with Crippen LogP contribution in [-0.4, -0.2) is 11.7 Å². The molecule has 0 saturated heterocycles. The normalized spacial score (nSPS) is 10.9. The molecule has 0 radical (unpaired) electrons. The van der Waals surface area contributed by atoms with Crippen molar-refractivity contribution in [3.05, 3.63) is 53.6 Å². The Balaban J connectivity index is 2.26. The SMILES string of the molecule is CCOc1cc(-c2ccc(CC(C)C)cc2)ccc1CO. The minimum Gasteiger partial charge on any atom is -0.493 e. The molecule has 0 amide bonds. The van der Waals surface area contributed by atoms with Crippen LogP contribution in [0.25, 0.3) is 11.1 Å². The van der Waals surface area contributed by atoms with Crippen LogP contribution >= 0.6 is 0 Å². The molecule has 0 fully saturated rings. The zero-order chi connectivity index (χ0) is 15.2. The summed E-state index contributed by atoms with van der Waals surface area (Å²) in [6, 6.07) is 14.7. The molecule has 2 aromatic carbocycles. The first-order chi connectivity index (χ1) is 10.1. The van der Waals surface area contributed by atoms with Gasteiger partial charge in [0.15, 0.2) is 0 Å². The Morgan fingerprint density at radius 2 is 1.67 bits per heavy atom. The fourth-order valence-electron chi connectivity index (χ4n) is 2.46. The molecular formula is C19H24O2. The van der Waals surface area contributed by atoms with E-state index >= 15 is 0 Å². The lowest BCUT2D eigenvalue weighted by Crippen LogP contribution is -1.97. The van der Waals surface area contributed by atoms with Gasteiger partial charge in [0, 0.05) is 5.56 Å². The Hall–Kier alpha value is -1.80. The highest BCUT2D eigenvalue weighted by molar-refractivity contribution is 5.66. The molecule has 0 aromatic heterocycles. The highest BCUT2D eigenvalue weighted by Crippen LogP contribution is 2.28. The summed E-state index contributed by atoms with van der Waals surface area (Å²) in [6.45, 7) is 7.02. The van der Waals surface area contributed by atoms with Crippen molar-refractivity contribution in [1.29, 1.82) is 0 Å². The number of rotatable bonds is 6. The average molecular weight is 284 g/mol. The Morgan fingerprint density at radius 1 is 1.00 bits per heavy atom. The Labute approximate surface area is 127 Å². The molecule has 112 valence electrons. The first kappa shape index (κ1) is 15.6. The zero-order valence-electron chi connectivity index (χ0n) is 13.1. The van der Waals surface area contributed by atoms with E-state index in [9.17, 15) is 5.11 Å². The van der Waals surface area contributed by atoms with Crippen molar-refractivity contribution in [3.63, 3.8) is 0 Å². The van der Waals surface area contributed by atoms with Gasteiger partial charge in [0.1, 0.15) is 5.75 Å². The van der Waals surface area contributed by atoms with Gasteiger partial charge in [-0.2, -0.15) is 0 Å². The molecule has 1 N–H and O–H groups in total. The van der Waals surface area contributed by atoms with E-state index in [4.69, 9.17) is 4.74 Å². The summed E-state index contributed by atoms with van der Waals surface area (Å²) in [4.78, 5) is 0. The predicted molar refractivity (Wildman–Crippen MR) is 87.5 cm³/mol. The third-order valence-corrected chi connectivity index (χ3v) is 3.47. The van der Waals surface area contributed by atoms with E-state index < -0.39 is 0 Å². The van der Waals surface area contributed by atoms with Crippen LogP contribution in [0.15, 0.2) is 42.5 Å². The molecule has 0 aliphatic carbocycles. The van der Waals surface area contributed by atoms with Gasteiger partial charge in [-0.15, -0.1) is 0 Å². The van der Waals surface area contributed by atoms with Crippen molar-refractivity contribution in [2.24, 2.45) is 5.92 Å². The summed E-state index contributed by atoms with van der Waals surface area (Å²) in [5.74, 6) is 1.44. The summed E-state index contributed by atoms with van der Waals surface area (Å²) in [6.07, 6.45) is 1.11. The fourth-order valence-corrected chi connectivity index (χ4v) is 2.46. The molecule has 2 heteroatoms. The van der Waals surface area contributed by atoms with Crippen molar-refractivity contribution in [2.75, 3.05) is 6.61 Å². The first-order valence-electron chi connectivity index (χ1n) is 7.60. The van der Waals surface area contributed by atoms with E-state index in [0.29, 0.717) is 12.5 Å². The molecule has 2 aromatic rings. The zero-order valence-corrected chi connectivity index (χ0v) is 13.1. The van der Waals surface area contributed by atoms with Gasteiger partial charge >= 0.3 is 0 Å². The predicted octanol–water partition coefficient (Wildman–Crippen LogP) is 4.44. The maximum atomic E-state index is 9.35. The summed E-state index contributed by atoms with van der Waals surface area (Å²) in [5, 5.41) is 9.35. The minimum atomic E-state index is 0.00292. The Bertz CT molecular complexity index is 571. The second-order valence-electron chi connectivity index (χ2n) is 5.71. The van der Waals surface area contributed by atoms with Crippen LogP contribution in [0.3, 0.4) is 0 Å². The second-order valence-corrected chi connectivity index (χ2v) is 5.71. The highest BCUT2D eigenvalue weighted by Gasteiger charge is 2.06. The van der Waals surface area contributed by atoms with Crippen molar-refractivity contribution in [1.82, 2.24) is 0 Å². The Kier molecular flexibility index (Phi) is 5.40. The van der Waals surface area contributed by atoms with E-state index in [2.05, 4.69) is 38.1 Å². The molecule has 21 heavy (non-hydrogen) atoms. The van der Waals surface area contributed by atoms with Crippen LogP contribution in [0.4, 0.5) is 0 Å². The van der Waals surface area contributed by atoms with Gasteiger partial charge in [-0.25, -0.2) is 0 Å². The van der Waals surface area contributed by atoms with Gasteiger partial charge in [-0.05, 0) is 42.0 Å². The molecule has 2 rings (SSSR count). The lowest BCUT2D eigenvalue weighted by atomic mass is 9.98. The quantitative estimate of drug-likeness (QED) is 0.849. The molecule has 0 spiro atoms. The van der Waals surface area contributed by atoms with Crippen molar-refractivity contribution in [2.45, 2.75) is 33.8 Å². The van der Waals surface area contributed by atoms with Crippen LogP contribution < -0.4 is 4.74 Å². The van der Waals surface area contributed by atoms with Crippen LogP contribution in [0, 0.1) is 5.92 Å². The molecule has 0 saturated carbocycles. The van der Waals surface area contributed by atoms with E-state index in [1.54, 1.807) is 0 Å². The van der Waals surface area contributed by atoms with E-state index in [0.717, 1.165) is 23.3 Å². The summed E-state index contributed by atoms with van der Waals surface area (Å²) < 4.78 is 5.61. The van der Waals surface area contributed by atoms with Gasteiger partial charge in [-0.3, -0.25) is 0 Å². The number of ether oxygens (including phenoxy) is 1. The lowest BCUT2D eigenvalue weighted by Gasteiger charge is -2.11. The summed E-state index contributed by atoms with van der Waals surface area (Å²) in [7, 11) is 0. The van der Waals surface area contributed by atoms with Crippen LogP contribution in [-0.2, 0) is 13.0 Å². The van der Waals surface area contributed by atoms with Crippen molar-refractivity contribution < 1.29 is 9.84 Å². The topological polar surface area (TPSA) is 29.5 Å². The summed E-state index contributed by atoms with van der Waals surface area (Å²) in [5.41, 5.74) is 4.49. The largest absolute Gasteiger partial charge is 0.493 e. The third kappa shape index (κ3) is 4.08. The molecule has 0 heterocycles. The molecule has 0 atom stereocenters. The third-order valence-electron chi connectivity index (χ3n) is 3.47. The van der Waals surface area contributed by atoms with Crippen molar-refractivity contribution >= 4 is 0 Å². The van der Waals surface area contributed by atoms with Gasteiger partial charge in [0.2, 0.25) is 0 Å². The molecule has 0 unspecified atom stereocenters. The number of aliphatic hydroxyl groups is 1. The first-order valence-corrected chi connectivity index (χ1v) is 7.60. The van der Waals surface area contributed by atoms with Gasteiger partial charge in [-0.1, -0.05) is 50.2 Å². The number of hydrogen-bond acceptors (Lipinski definition) is 2. The number of hydrogen-bond donors (Lipinski definition) is 1. The van der Waals surface area contributed by atoms with Crippen LogP contribution in [0.5, 0.6) is 5.75 Å². The maximum Gasteiger partial charge on any atom is 0.125 e. The van der Waals surface area contributed by atoms with Gasteiger partial charge in [0.25, 0.3) is 0 Å². The van der Waals surface area contributed by atoms with E-state index in [1.165, 1.54) is 11.1 Å². The van der Waals surface area contributed by atoms with Crippen LogP contribution in [0.1, 0.15) is 31.9 Å². The number of benzene rings is 2. The molecule has 0 aliphatic rings. The summed E-state index contributed by atoms with van der Waals surface area (Å²) >= 11 is 0. The highest BCUT2D eigenvalue weighted by atomic mass is 16.5. The Morgan fingerprint density at radius 3 is 2.24 bits per heavy atom. The lowest BCUT2D eigenvalue weighted by molar-refractivity contribution is 0.267. The second kappa shape index (κ2) is 7.28. The average Bonchev–Trinajstić information content (AvgIpc) is 2.48. The van der Waals surface area contributed by atoms with Crippen LogP contribution in [0.2, 0.25) is 0 Å². The standard InChI is InChI=1S/C19H24O2/c1-4-21-19-12-17(9-10-18(19)13-20)16-7-5-15(6-8-16)11-14(2)3/h5-10,12,14,20H,4,11,13H2,1-3H3. The smallest absolute Gasteiger partial charge is 0.125 e. The molecular weight excluding hydrogens is 260 g/mol. The van der Waals surface area contributed by atoms with E-state index in [-0.39, 0.29) is 6.61 Å². The van der Waals surface area contributed by atoms with Gasteiger partial charge < -0.3 is 9.84 Å². The molecule has 0 bridgehead atoms. The minimum absolute atomic E-state index is 0.00292. The fraction of sp³-hybridized carbons (Fsp3) is 0.368. The molecule has 2 nitrogen and oxygen atoms in total. The van der Waals surface area contributed by atoms with Crippen molar-refractivity contribution in [3.8, 4) is 16.9 Å². The maximum absolute atomic E-state index is 9.35. The number of aliphatic hydroxyl groups excluding tert-OH is 1. The molecule has 0 aliphatic heterocycles. The monoisotopic (exact) mass is 284 g/mol. The van der Waals surface area contributed by atoms with Gasteiger partial charge in [0.05, 0.1) is 13.2 Å².